The number of aryl methyl sites for hydroxylation is 1. The van der Waals surface area contributed by atoms with Crippen molar-refractivity contribution in [3.63, 3.8) is 0 Å². The first-order valence-corrected chi connectivity index (χ1v) is 8.34. The monoisotopic (exact) mass is 283 g/mol. The molecule has 0 N–H and O–H groups in total. The fourth-order valence-electron chi connectivity index (χ4n) is 1.99. The largest absolute Gasteiger partial charge is 0.220 e. The lowest BCUT2D eigenvalue weighted by atomic mass is 10.4. The highest BCUT2D eigenvalue weighted by Crippen LogP contribution is 2.34. The van der Waals surface area contributed by atoms with Crippen LogP contribution in [-0.4, -0.2) is 0 Å². The molecule has 0 radical (unpaired) electrons. The SMILES string of the molecule is Cc1csc([S+](c2ccccc2)c2ccccc2)c1. The van der Waals surface area contributed by atoms with Gasteiger partial charge in [0.1, 0.15) is 10.9 Å². The van der Waals surface area contributed by atoms with Crippen molar-refractivity contribution in [3.05, 3.63) is 77.7 Å². The topological polar surface area (TPSA) is 0 Å². The fraction of sp³-hybridized carbons (Fsp3) is 0.0588. The summed E-state index contributed by atoms with van der Waals surface area (Å²) >= 11 is 1.86. The minimum atomic E-state index is 0.0247. The molecule has 1 aromatic heterocycles. The van der Waals surface area contributed by atoms with Crippen molar-refractivity contribution in [2.75, 3.05) is 0 Å². The molecule has 0 nitrogen and oxygen atoms in total. The molecule has 19 heavy (non-hydrogen) atoms. The molecule has 0 atom stereocenters. The van der Waals surface area contributed by atoms with E-state index in [0.717, 1.165) is 0 Å². The van der Waals surface area contributed by atoms with Crippen LogP contribution in [0.15, 0.2) is 86.1 Å². The first-order valence-electron chi connectivity index (χ1n) is 6.24. The molecule has 3 aromatic rings. The Balaban J connectivity index is 2.11. The van der Waals surface area contributed by atoms with Crippen LogP contribution in [0.1, 0.15) is 5.56 Å². The van der Waals surface area contributed by atoms with Gasteiger partial charge in [-0.2, -0.15) is 0 Å². The van der Waals surface area contributed by atoms with Gasteiger partial charge in [0.05, 0.1) is 0 Å². The molecule has 3 rings (SSSR count). The van der Waals surface area contributed by atoms with E-state index in [2.05, 4.69) is 79.0 Å². The summed E-state index contributed by atoms with van der Waals surface area (Å²) in [5, 5.41) is 2.24. The number of rotatable bonds is 3. The number of hydrogen-bond acceptors (Lipinski definition) is 1. The van der Waals surface area contributed by atoms with Gasteiger partial charge in [-0.3, -0.25) is 0 Å². The van der Waals surface area contributed by atoms with Gasteiger partial charge in [0, 0.05) is 6.07 Å². The molecular formula is C17H15S2+. The molecule has 0 saturated heterocycles. The summed E-state index contributed by atoms with van der Waals surface area (Å²) in [6.45, 7) is 2.16. The van der Waals surface area contributed by atoms with Gasteiger partial charge in [-0.05, 0) is 42.1 Å². The van der Waals surface area contributed by atoms with E-state index < -0.39 is 0 Å². The second kappa shape index (κ2) is 5.64. The fourth-order valence-corrected chi connectivity index (χ4v) is 5.62. The molecule has 2 heteroatoms. The maximum Gasteiger partial charge on any atom is 0.220 e. The average molecular weight is 283 g/mol. The molecule has 0 aliphatic carbocycles. The summed E-state index contributed by atoms with van der Waals surface area (Å²) in [6.07, 6.45) is 0. The predicted octanol–water partition coefficient (Wildman–Crippen LogP) is 5.15. The van der Waals surface area contributed by atoms with Crippen molar-refractivity contribution in [3.8, 4) is 0 Å². The van der Waals surface area contributed by atoms with Crippen LogP contribution in [0.25, 0.3) is 0 Å². The molecule has 0 unspecified atom stereocenters. The van der Waals surface area contributed by atoms with Gasteiger partial charge < -0.3 is 0 Å². The van der Waals surface area contributed by atoms with Gasteiger partial charge >= 0.3 is 0 Å². The van der Waals surface area contributed by atoms with Gasteiger partial charge in [0.2, 0.25) is 4.21 Å². The molecule has 0 fully saturated rings. The van der Waals surface area contributed by atoms with Crippen LogP contribution >= 0.6 is 11.3 Å². The van der Waals surface area contributed by atoms with E-state index in [1.165, 1.54) is 19.6 Å². The van der Waals surface area contributed by atoms with Gasteiger partial charge in [0.25, 0.3) is 0 Å². The molecular weight excluding hydrogens is 268 g/mol. The van der Waals surface area contributed by atoms with Crippen LogP contribution in [0.3, 0.4) is 0 Å². The molecule has 0 aliphatic heterocycles. The molecule has 0 saturated carbocycles. The summed E-state index contributed by atoms with van der Waals surface area (Å²) < 4.78 is 1.44. The minimum absolute atomic E-state index is 0.0247. The highest BCUT2D eigenvalue weighted by molar-refractivity contribution is 7.98. The van der Waals surface area contributed by atoms with E-state index >= 15 is 0 Å². The zero-order valence-corrected chi connectivity index (χ0v) is 12.4. The normalized spacial score (nSPS) is 10.8. The van der Waals surface area contributed by atoms with Crippen molar-refractivity contribution in [2.24, 2.45) is 0 Å². The average Bonchev–Trinajstić information content (AvgIpc) is 2.88. The molecule has 0 spiro atoms. The van der Waals surface area contributed by atoms with Gasteiger partial charge in [0.15, 0.2) is 9.79 Å². The zero-order valence-electron chi connectivity index (χ0n) is 10.7. The van der Waals surface area contributed by atoms with E-state index in [9.17, 15) is 0 Å². The van der Waals surface area contributed by atoms with Crippen LogP contribution in [0.4, 0.5) is 0 Å². The Labute approximate surface area is 121 Å². The third-order valence-electron chi connectivity index (χ3n) is 2.87. The lowest BCUT2D eigenvalue weighted by Crippen LogP contribution is -2.02. The van der Waals surface area contributed by atoms with Crippen molar-refractivity contribution >= 4 is 22.2 Å². The second-order valence-electron chi connectivity index (χ2n) is 4.38. The molecule has 1 heterocycles. The standard InChI is InChI=1S/C17H15S2/c1-14-12-17(18-13-14)19(15-8-4-2-5-9-15)16-10-6-3-7-11-16/h2-13H,1H3/q+1. The van der Waals surface area contributed by atoms with E-state index in [1.807, 2.05) is 11.3 Å². The summed E-state index contributed by atoms with van der Waals surface area (Å²) in [4.78, 5) is 2.77. The van der Waals surface area contributed by atoms with E-state index in [1.54, 1.807) is 0 Å². The Morgan fingerprint density at radius 3 is 1.74 bits per heavy atom. The molecule has 0 aliphatic rings. The van der Waals surface area contributed by atoms with E-state index in [4.69, 9.17) is 0 Å². The zero-order chi connectivity index (χ0) is 13.1. The lowest BCUT2D eigenvalue weighted by molar-refractivity contribution is 1.35. The van der Waals surface area contributed by atoms with Gasteiger partial charge in [-0.15, -0.1) is 0 Å². The number of benzene rings is 2. The summed E-state index contributed by atoms with van der Waals surface area (Å²) in [6, 6.07) is 23.9. The Morgan fingerprint density at radius 2 is 1.32 bits per heavy atom. The first-order chi connectivity index (χ1) is 9.34. The van der Waals surface area contributed by atoms with Crippen LogP contribution in [0.2, 0.25) is 0 Å². The van der Waals surface area contributed by atoms with Gasteiger partial charge in [-0.1, -0.05) is 47.7 Å². The van der Waals surface area contributed by atoms with Crippen molar-refractivity contribution in [1.29, 1.82) is 0 Å². The predicted molar refractivity (Wildman–Crippen MR) is 84.1 cm³/mol. The Bertz CT molecular complexity index is 602. The van der Waals surface area contributed by atoms with Crippen LogP contribution in [0, 0.1) is 6.92 Å². The minimum Gasteiger partial charge on any atom is -0.0933 e. The smallest absolute Gasteiger partial charge is 0.0933 e. The third-order valence-corrected chi connectivity index (χ3v) is 6.50. The van der Waals surface area contributed by atoms with Crippen LogP contribution < -0.4 is 0 Å². The quantitative estimate of drug-likeness (QED) is 0.583. The maximum atomic E-state index is 2.31. The van der Waals surface area contributed by atoms with Gasteiger partial charge in [-0.25, -0.2) is 0 Å². The highest BCUT2D eigenvalue weighted by atomic mass is 32.2. The third kappa shape index (κ3) is 2.75. The van der Waals surface area contributed by atoms with Crippen molar-refractivity contribution in [2.45, 2.75) is 20.9 Å². The van der Waals surface area contributed by atoms with E-state index in [-0.39, 0.29) is 10.9 Å². The first kappa shape index (κ1) is 12.5. The maximum absolute atomic E-state index is 2.31. The molecule has 94 valence electrons. The lowest BCUT2D eigenvalue weighted by Gasteiger charge is -2.04. The molecule has 0 amide bonds. The second-order valence-corrected chi connectivity index (χ2v) is 7.54. The Hall–Kier alpha value is -1.51. The van der Waals surface area contributed by atoms with Crippen LogP contribution in [0.5, 0.6) is 0 Å². The molecule has 2 aromatic carbocycles. The Morgan fingerprint density at radius 1 is 0.789 bits per heavy atom. The number of hydrogen-bond donors (Lipinski definition) is 0. The Kier molecular flexibility index (Phi) is 3.72. The number of thiophene rings is 1. The summed E-state index contributed by atoms with van der Waals surface area (Å²) in [5.74, 6) is 0. The van der Waals surface area contributed by atoms with Crippen molar-refractivity contribution < 1.29 is 0 Å². The van der Waals surface area contributed by atoms with Crippen molar-refractivity contribution in [1.82, 2.24) is 0 Å². The summed E-state index contributed by atoms with van der Waals surface area (Å²) in [5.41, 5.74) is 1.35. The molecule has 0 bridgehead atoms. The highest BCUT2D eigenvalue weighted by Gasteiger charge is 2.29. The van der Waals surface area contributed by atoms with Crippen LogP contribution in [-0.2, 0) is 10.9 Å². The summed E-state index contributed by atoms with van der Waals surface area (Å²) in [7, 11) is 0.0247. The van der Waals surface area contributed by atoms with E-state index in [0.29, 0.717) is 0 Å².